The number of pyridine rings is 1. The van der Waals surface area contributed by atoms with Gasteiger partial charge in [0, 0.05) is 38.4 Å². The van der Waals surface area contributed by atoms with Crippen LogP contribution in [0.1, 0.15) is 0 Å². The molecule has 0 radical (unpaired) electrons. The van der Waals surface area contributed by atoms with Gasteiger partial charge in [0.25, 0.3) is 0 Å². The molecule has 12 rings (SSSR count). The largest absolute Gasteiger partial charge is 0.247 e. The first-order chi connectivity index (χ1) is 29.7. The maximum Gasteiger partial charge on any atom is 0.164 e. The molecule has 0 aliphatic carbocycles. The van der Waals surface area contributed by atoms with Gasteiger partial charge in [-0.3, -0.25) is 0 Å². The van der Waals surface area contributed by atoms with Crippen molar-refractivity contribution in [1.29, 1.82) is 0 Å². The molecule has 12 aromatic rings. The molecule has 0 saturated heterocycles. The van der Waals surface area contributed by atoms with E-state index in [9.17, 15) is 0 Å². The first-order valence-electron chi connectivity index (χ1n) is 20.3. The quantitative estimate of drug-likeness (QED) is 0.164. The molecule has 0 aliphatic heterocycles. The Bertz CT molecular complexity index is 3570. The summed E-state index contributed by atoms with van der Waals surface area (Å²) < 4.78 is 0. The van der Waals surface area contributed by atoms with Crippen LogP contribution < -0.4 is 0 Å². The van der Waals surface area contributed by atoms with Gasteiger partial charge in [0.2, 0.25) is 0 Å². The molecule has 0 N–H and O–H groups in total. The van der Waals surface area contributed by atoms with E-state index >= 15 is 0 Å². The van der Waals surface area contributed by atoms with Crippen LogP contribution in [0.2, 0.25) is 0 Å². The fraction of sp³-hybridized carbons (Fsp3) is 0. The molecule has 0 fully saturated rings. The van der Waals surface area contributed by atoms with Gasteiger partial charge in [-0.1, -0.05) is 182 Å². The summed E-state index contributed by atoms with van der Waals surface area (Å²) in [5.74, 6) is 1.91. The summed E-state index contributed by atoms with van der Waals surface area (Å²) in [6, 6.07) is 72.9. The van der Waals surface area contributed by atoms with Crippen LogP contribution in [0.5, 0.6) is 0 Å². The molecular weight excluding hydrogens is 729 g/mol. The minimum atomic E-state index is 0.627. The fourth-order valence-corrected chi connectivity index (χ4v) is 8.91. The zero-order valence-electron chi connectivity index (χ0n) is 32.4. The van der Waals surface area contributed by atoms with E-state index in [1.807, 2.05) is 0 Å². The first-order valence-corrected chi connectivity index (χ1v) is 20.3. The average Bonchev–Trinajstić information content (AvgIpc) is 3.33. The number of para-hydroxylation sites is 1. The normalized spacial score (nSPS) is 11.7. The topological polar surface area (TPSA) is 51.6 Å². The van der Waals surface area contributed by atoms with Gasteiger partial charge in [0.15, 0.2) is 17.5 Å². The van der Waals surface area contributed by atoms with Gasteiger partial charge in [-0.05, 0) is 78.5 Å². The Hall–Kier alpha value is -8.08. The van der Waals surface area contributed by atoms with E-state index in [2.05, 4.69) is 206 Å². The van der Waals surface area contributed by atoms with Crippen LogP contribution in [0.4, 0.5) is 0 Å². The molecule has 60 heavy (non-hydrogen) atoms. The van der Waals surface area contributed by atoms with E-state index in [1.54, 1.807) is 0 Å². The molecule has 0 aliphatic rings. The van der Waals surface area contributed by atoms with Crippen molar-refractivity contribution < 1.29 is 0 Å². The van der Waals surface area contributed by atoms with Crippen molar-refractivity contribution in [2.75, 3.05) is 0 Å². The Labute approximate surface area is 346 Å². The lowest BCUT2D eigenvalue weighted by Gasteiger charge is -2.16. The van der Waals surface area contributed by atoms with Crippen LogP contribution in [-0.2, 0) is 0 Å². The lowest BCUT2D eigenvalue weighted by molar-refractivity contribution is 1.08. The second-order valence-electron chi connectivity index (χ2n) is 15.4. The molecule has 0 saturated carbocycles. The molecule has 0 amide bonds. The summed E-state index contributed by atoms with van der Waals surface area (Å²) in [6.07, 6.45) is 0. The summed E-state index contributed by atoms with van der Waals surface area (Å²) in [6.45, 7) is 0. The number of nitrogens with zero attached hydrogens (tertiary/aromatic N) is 4. The highest BCUT2D eigenvalue weighted by Crippen LogP contribution is 2.43. The highest BCUT2D eigenvalue weighted by atomic mass is 15.0. The third-order valence-corrected chi connectivity index (χ3v) is 11.8. The van der Waals surface area contributed by atoms with Crippen LogP contribution in [0.15, 0.2) is 206 Å². The average molecular weight is 763 g/mol. The summed E-state index contributed by atoms with van der Waals surface area (Å²) in [5, 5.41) is 13.1. The SMILES string of the molecule is c1cc(-c2ccc(-c3nc(-c4ccc5ccccc5c4)nc(-c4ccc5ccccc5c4)n3)cc2)cc(-c2nc3ccccc3c3c4ccccc4c4ccccc4c23)c1. The Balaban J connectivity index is 0.982. The Morgan fingerprint density at radius 2 is 0.683 bits per heavy atom. The van der Waals surface area contributed by atoms with Gasteiger partial charge in [-0.2, -0.15) is 0 Å². The maximum absolute atomic E-state index is 5.40. The molecule has 278 valence electrons. The summed E-state index contributed by atoms with van der Waals surface area (Å²) in [5.41, 5.74) is 8.06. The highest BCUT2D eigenvalue weighted by molar-refractivity contribution is 6.33. The molecule has 0 unspecified atom stereocenters. The Morgan fingerprint density at radius 3 is 1.30 bits per heavy atom. The van der Waals surface area contributed by atoms with Crippen LogP contribution in [0.25, 0.3) is 121 Å². The van der Waals surface area contributed by atoms with Crippen LogP contribution in [0, 0.1) is 0 Å². The predicted molar refractivity (Wildman–Crippen MR) is 250 cm³/mol. The van der Waals surface area contributed by atoms with Crippen LogP contribution >= 0.6 is 0 Å². The predicted octanol–water partition coefficient (Wildman–Crippen LogP) is 14.5. The summed E-state index contributed by atoms with van der Waals surface area (Å²) in [4.78, 5) is 20.7. The third kappa shape index (κ3) is 5.69. The molecule has 0 spiro atoms. The number of fused-ring (bicyclic) bond motifs is 10. The zero-order valence-corrected chi connectivity index (χ0v) is 32.4. The smallest absolute Gasteiger partial charge is 0.164 e. The van der Waals surface area contributed by atoms with Gasteiger partial charge in [-0.15, -0.1) is 0 Å². The fourth-order valence-electron chi connectivity index (χ4n) is 8.91. The first kappa shape index (κ1) is 34.0. The molecule has 4 nitrogen and oxygen atoms in total. The van der Waals surface area contributed by atoms with Crippen molar-refractivity contribution in [3.05, 3.63) is 206 Å². The molecule has 0 bridgehead atoms. The van der Waals surface area contributed by atoms with Crippen molar-refractivity contribution in [2.24, 2.45) is 0 Å². The monoisotopic (exact) mass is 762 g/mol. The van der Waals surface area contributed by atoms with E-state index < -0.39 is 0 Å². The van der Waals surface area contributed by atoms with Crippen LogP contribution in [-0.4, -0.2) is 19.9 Å². The van der Waals surface area contributed by atoms with Crippen molar-refractivity contribution in [3.8, 4) is 56.5 Å². The highest BCUT2D eigenvalue weighted by Gasteiger charge is 2.18. The van der Waals surface area contributed by atoms with E-state index in [0.717, 1.165) is 60.8 Å². The minimum Gasteiger partial charge on any atom is -0.247 e. The van der Waals surface area contributed by atoms with Gasteiger partial charge in [0.05, 0.1) is 11.2 Å². The molecular formula is C56H34N4. The summed E-state index contributed by atoms with van der Waals surface area (Å²) in [7, 11) is 0. The van der Waals surface area contributed by atoms with Crippen molar-refractivity contribution >= 4 is 64.8 Å². The van der Waals surface area contributed by atoms with Crippen molar-refractivity contribution in [1.82, 2.24) is 19.9 Å². The standard InChI is InChI=1S/C56H34N4/c1-3-14-39-33-43(30-26-35(39)12-1)55-58-54(59-56(60-55)44-31-27-36-13-2-4-15-40(36)34-44)38-28-24-37(25-29-38)41-16-11-17-42(32-41)53-52-48-21-8-6-19-46(48)45-18-5-7-20-47(45)51(52)49-22-9-10-23-50(49)57-53/h1-34H. The number of benzene rings is 10. The van der Waals surface area contributed by atoms with Gasteiger partial charge >= 0.3 is 0 Å². The van der Waals surface area contributed by atoms with Crippen molar-refractivity contribution in [3.63, 3.8) is 0 Å². The zero-order chi connectivity index (χ0) is 39.6. The van der Waals surface area contributed by atoms with E-state index in [4.69, 9.17) is 19.9 Å². The third-order valence-electron chi connectivity index (χ3n) is 11.8. The number of hydrogen-bond acceptors (Lipinski definition) is 4. The Kier molecular flexibility index (Phi) is 7.82. The van der Waals surface area contributed by atoms with Gasteiger partial charge in [0.1, 0.15) is 0 Å². The van der Waals surface area contributed by atoms with E-state index in [0.29, 0.717) is 17.5 Å². The van der Waals surface area contributed by atoms with E-state index in [-0.39, 0.29) is 0 Å². The Morgan fingerprint density at radius 1 is 0.233 bits per heavy atom. The lowest BCUT2D eigenvalue weighted by atomic mass is 9.89. The van der Waals surface area contributed by atoms with Crippen LogP contribution in [0.3, 0.4) is 0 Å². The minimum absolute atomic E-state index is 0.627. The number of aromatic nitrogens is 4. The maximum atomic E-state index is 5.40. The second kappa shape index (κ2) is 13.8. The molecule has 2 aromatic heterocycles. The van der Waals surface area contributed by atoms with Crippen molar-refractivity contribution in [2.45, 2.75) is 0 Å². The molecule has 0 atom stereocenters. The second-order valence-corrected chi connectivity index (χ2v) is 15.4. The lowest BCUT2D eigenvalue weighted by Crippen LogP contribution is -2.00. The molecule has 2 heterocycles. The van der Waals surface area contributed by atoms with Gasteiger partial charge in [-0.25, -0.2) is 19.9 Å². The number of hydrogen-bond donors (Lipinski definition) is 0. The number of rotatable bonds is 5. The molecule has 10 aromatic carbocycles. The molecule has 4 heteroatoms. The summed E-state index contributed by atoms with van der Waals surface area (Å²) >= 11 is 0. The van der Waals surface area contributed by atoms with Gasteiger partial charge < -0.3 is 0 Å². The van der Waals surface area contributed by atoms with E-state index in [1.165, 1.54) is 43.1 Å².